The number of aryl methyl sites for hydroxylation is 1. The van der Waals surface area contributed by atoms with Crippen molar-refractivity contribution < 1.29 is 14.7 Å². The molecule has 0 aliphatic rings. The topological polar surface area (TPSA) is 121 Å². The third-order valence-corrected chi connectivity index (χ3v) is 4.11. The first kappa shape index (κ1) is 19.2. The lowest BCUT2D eigenvalue weighted by atomic mass is 10.1. The molecular formula is C19H24N4O3. The van der Waals surface area contributed by atoms with Crippen LogP contribution in [-0.2, 0) is 16.0 Å². The van der Waals surface area contributed by atoms with Gasteiger partial charge in [-0.05, 0) is 37.0 Å². The molecule has 0 radical (unpaired) electrons. The van der Waals surface area contributed by atoms with Crippen LogP contribution in [0.15, 0.2) is 48.8 Å². The molecule has 0 bridgehead atoms. The second kappa shape index (κ2) is 9.41. The van der Waals surface area contributed by atoms with Crippen LogP contribution in [0.25, 0.3) is 0 Å². The molecule has 0 aliphatic carbocycles. The number of hydrogen-bond donors (Lipinski definition) is 4. The van der Waals surface area contributed by atoms with Crippen LogP contribution in [-0.4, -0.2) is 33.9 Å². The summed E-state index contributed by atoms with van der Waals surface area (Å²) in [6.07, 6.45) is 5.70. The summed E-state index contributed by atoms with van der Waals surface area (Å²) < 4.78 is 1.61. The number of hydrogen-bond acceptors (Lipinski definition) is 3. The molecule has 0 aliphatic heterocycles. The van der Waals surface area contributed by atoms with E-state index >= 15 is 0 Å². The maximum absolute atomic E-state index is 12.3. The number of amidine groups is 1. The third kappa shape index (κ3) is 5.77. The fourth-order valence-electron chi connectivity index (χ4n) is 2.69. The smallest absolute Gasteiger partial charge is 0.306 e. The molecule has 2 rings (SSSR count). The lowest BCUT2D eigenvalue weighted by molar-refractivity contribution is -0.140. The molecule has 0 fully saturated rings. The minimum Gasteiger partial charge on any atom is -0.481 e. The highest BCUT2D eigenvalue weighted by Gasteiger charge is 2.22. The highest BCUT2D eigenvalue weighted by atomic mass is 16.4. The second-order valence-corrected chi connectivity index (χ2v) is 6.10. The summed E-state index contributed by atoms with van der Waals surface area (Å²) >= 11 is 0. The van der Waals surface area contributed by atoms with Gasteiger partial charge in [-0.3, -0.25) is 15.0 Å². The molecule has 7 nitrogen and oxygen atoms in total. The Balaban J connectivity index is 1.74. The molecule has 2 aromatic rings. The Morgan fingerprint density at radius 1 is 1.15 bits per heavy atom. The van der Waals surface area contributed by atoms with Gasteiger partial charge in [0.1, 0.15) is 11.9 Å². The number of carboxylic acid groups (broad SMARTS) is 1. The number of unbranched alkanes of at least 4 members (excludes halogenated alkanes) is 1. The zero-order chi connectivity index (χ0) is 18.9. The minimum atomic E-state index is -1.01. The van der Waals surface area contributed by atoms with Crippen molar-refractivity contribution in [3.8, 4) is 0 Å². The summed E-state index contributed by atoms with van der Waals surface area (Å²) in [5.74, 6) is -1.24. The molecule has 1 aromatic heterocycles. The summed E-state index contributed by atoms with van der Waals surface area (Å²) in [4.78, 5) is 23.3. The Morgan fingerprint density at radius 2 is 1.81 bits per heavy atom. The van der Waals surface area contributed by atoms with Crippen LogP contribution < -0.4 is 11.1 Å². The number of carboxylic acids is 1. The average Bonchev–Trinajstić information content (AvgIpc) is 3.13. The van der Waals surface area contributed by atoms with Crippen molar-refractivity contribution in [3.63, 3.8) is 0 Å². The van der Waals surface area contributed by atoms with E-state index in [2.05, 4.69) is 5.32 Å². The van der Waals surface area contributed by atoms with Crippen LogP contribution in [0.4, 0.5) is 0 Å². The molecule has 0 spiro atoms. The van der Waals surface area contributed by atoms with Gasteiger partial charge < -0.3 is 20.7 Å². The normalized spacial score (nSPS) is 11.7. The number of aliphatic carboxylic acids is 1. The van der Waals surface area contributed by atoms with Crippen LogP contribution in [0.1, 0.15) is 36.4 Å². The van der Waals surface area contributed by atoms with E-state index in [0.29, 0.717) is 12.1 Å². The van der Waals surface area contributed by atoms with Gasteiger partial charge in [-0.2, -0.15) is 0 Å². The van der Waals surface area contributed by atoms with Gasteiger partial charge in [0.15, 0.2) is 0 Å². The zero-order valence-electron chi connectivity index (χ0n) is 14.5. The number of rotatable bonds is 10. The van der Waals surface area contributed by atoms with Gasteiger partial charge in [-0.15, -0.1) is 0 Å². The predicted octanol–water partition coefficient (Wildman–Crippen LogP) is 1.93. The van der Waals surface area contributed by atoms with Crippen LogP contribution in [0.5, 0.6) is 0 Å². The summed E-state index contributed by atoms with van der Waals surface area (Å²) in [7, 11) is 0. The molecule has 1 aromatic carbocycles. The molecule has 138 valence electrons. The van der Waals surface area contributed by atoms with Gasteiger partial charge in [0.05, 0.1) is 6.42 Å². The molecule has 5 N–H and O–H groups in total. The van der Waals surface area contributed by atoms with Crippen LogP contribution in [0.2, 0.25) is 0 Å². The Bertz CT molecular complexity index is 739. The van der Waals surface area contributed by atoms with Gasteiger partial charge in [-0.25, -0.2) is 0 Å². The Labute approximate surface area is 152 Å². The quantitative estimate of drug-likeness (QED) is 0.295. The number of carbonyl (C=O) groups is 2. The lowest BCUT2D eigenvalue weighted by Gasteiger charge is -2.16. The fourth-order valence-corrected chi connectivity index (χ4v) is 2.69. The highest BCUT2D eigenvalue weighted by Crippen LogP contribution is 2.13. The van der Waals surface area contributed by atoms with Crippen molar-refractivity contribution in [1.29, 1.82) is 5.41 Å². The van der Waals surface area contributed by atoms with E-state index in [1.54, 1.807) is 29.1 Å². The predicted molar refractivity (Wildman–Crippen MR) is 99.1 cm³/mol. The first-order valence-electron chi connectivity index (χ1n) is 8.52. The maximum Gasteiger partial charge on any atom is 0.306 e. The van der Waals surface area contributed by atoms with Crippen molar-refractivity contribution in [3.05, 3.63) is 59.9 Å². The summed E-state index contributed by atoms with van der Waals surface area (Å²) in [5, 5.41) is 19.2. The number of nitrogens with two attached hydrogens (primary N) is 1. The van der Waals surface area contributed by atoms with E-state index in [1.165, 1.54) is 0 Å². The van der Waals surface area contributed by atoms with Gasteiger partial charge in [-0.1, -0.05) is 24.3 Å². The number of nitrogens with zero attached hydrogens (tertiary/aromatic N) is 1. The SMILES string of the molecule is N=C(N)c1ccc(CCCCNC(=O)[C@@H](CC(=O)O)n2cccc2)cc1. The molecule has 0 unspecified atom stereocenters. The molecule has 1 atom stereocenters. The average molecular weight is 356 g/mol. The number of benzene rings is 1. The van der Waals surface area contributed by atoms with Crippen LogP contribution in [0, 0.1) is 5.41 Å². The molecule has 1 amide bonds. The summed E-state index contributed by atoms with van der Waals surface area (Å²) in [6, 6.07) is 10.3. The first-order chi connectivity index (χ1) is 12.5. The molecule has 1 heterocycles. The zero-order valence-corrected chi connectivity index (χ0v) is 14.5. The molecule has 0 saturated carbocycles. The van der Waals surface area contributed by atoms with Crippen LogP contribution in [0.3, 0.4) is 0 Å². The number of nitrogen functional groups attached to an aromatic ring is 1. The fraction of sp³-hybridized carbons (Fsp3) is 0.316. The van der Waals surface area contributed by atoms with E-state index < -0.39 is 12.0 Å². The van der Waals surface area contributed by atoms with E-state index in [9.17, 15) is 9.59 Å². The van der Waals surface area contributed by atoms with Crippen molar-refractivity contribution in [1.82, 2.24) is 9.88 Å². The third-order valence-electron chi connectivity index (χ3n) is 4.11. The van der Waals surface area contributed by atoms with E-state index in [0.717, 1.165) is 24.8 Å². The molecular weight excluding hydrogens is 332 g/mol. The van der Waals surface area contributed by atoms with Gasteiger partial charge in [0, 0.05) is 24.5 Å². The standard InChI is InChI=1S/C19H24N4O3/c20-18(21)15-8-6-14(7-9-15)5-1-2-10-22-19(26)16(13-17(24)25)23-11-3-4-12-23/h3-4,6-9,11-12,16H,1-2,5,10,13H2,(H3,20,21)(H,22,26)(H,24,25)/t16-/m1/s1. The van der Waals surface area contributed by atoms with Gasteiger partial charge >= 0.3 is 5.97 Å². The monoisotopic (exact) mass is 356 g/mol. The first-order valence-corrected chi connectivity index (χ1v) is 8.52. The van der Waals surface area contributed by atoms with Crippen LogP contribution >= 0.6 is 0 Å². The Morgan fingerprint density at radius 3 is 2.38 bits per heavy atom. The van der Waals surface area contributed by atoms with Crippen molar-refractivity contribution in [2.24, 2.45) is 5.73 Å². The number of aromatic nitrogens is 1. The number of amides is 1. The summed E-state index contributed by atoms with van der Waals surface area (Å²) in [5.41, 5.74) is 7.28. The number of nitrogens with one attached hydrogen (secondary N) is 2. The minimum absolute atomic E-state index is 0.0536. The summed E-state index contributed by atoms with van der Waals surface area (Å²) in [6.45, 7) is 0.502. The van der Waals surface area contributed by atoms with Gasteiger partial charge in [0.2, 0.25) is 5.91 Å². The van der Waals surface area contributed by atoms with E-state index in [-0.39, 0.29) is 18.2 Å². The van der Waals surface area contributed by atoms with Crippen molar-refractivity contribution in [2.75, 3.05) is 6.54 Å². The Kier molecular flexibility index (Phi) is 6.96. The van der Waals surface area contributed by atoms with Gasteiger partial charge in [0.25, 0.3) is 0 Å². The second-order valence-electron chi connectivity index (χ2n) is 6.10. The van der Waals surface area contributed by atoms with E-state index in [1.807, 2.05) is 24.3 Å². The lowest BCUT2D eigenvalue weighted by Crippen LogP contribution is -2.34. The maximum atomic E-state index is 12.3. The molecule has 26 heavy (non-hydrogen) atoms. The highest BCUT2D eigenvalue weighted by molar-refractivity contribution is 5.94. The van der Waals surface area contributed by atoms with Crippen molar-refractivity contribution >= 4 is 17.7 Å². The Hall–Kier alpha value is -3.09. The largest absolute Gasteiger partial charge is 0.481 e. The van der Waals surface area contributed by atoms with E-state index in [4.69, 9.17) is 16.2 Å². The molecule has 7 heteroatoms. The number of carbonyl (C=O) groups excluding carboxylic acids is 1. The molecule has 0 saturated heterocycles. The van der Waals surface area contributed by atoms with Crippen molar-refractivity contribution in [2.45, 2.75) is 31.7 Å².